The van der Waals surface area contributed by atoms with Gasteiger partial charge in [0.15, 0.2) is 5.66 Å². The molecular formula is C14H23N2O2+. The minimum Gasteiger partial charge on any atom is -0.379 e. The van der Waals surface area contributed by atoms with Crippen molar-refractivity contribution in [1.82, 2.24) is 4.90 Å². The first-order valence-corrected chi connectivity index (χ1v) is 7.67. The van der Waals surface area contributed by atoms with Crippen LogP contribution >= 0.6 is 0 Å². The van der Waals surface area contributed by atoms with Crippen LogP contribution in [0.15, 0.2) is 0 Å². The Balaban J connectivity index is 1.55. The predicted octanol–water partition coefficient (Wildman–Crippen LogP) is 0.284. The third kappa shape index (κ3) is 0.942. The number of morpholine rings is 2. The quantitative estimate of drug-likeness (QED) is 0.625. The van der Waals surface area contributed by atoms with Gasteiger partial charge in [0, 0.05) is 37.8 Å². The second kappa shape index (κ2) is 3.29. The summed E-state index contributed by atoms with van der Waals surface area (Å²) >= 11 is 0. The zero-order valence-electron chi connectivity index (χ0n) is 11.0. The summed E-state index contributed by atoms with van der Waals surface area (Å²) in [6.07, 6.45) is 3.00. The maximum atomic E-state index is 5.66. The van der Waals surface area contributed by atoms with E-state index in [4.69, 9.17) is 9.47 Å². The largest absolute Gasteiger partial charge is 0.379 e. The fraction of sp³-hybridized carbons (Fsp3) is 1.00. The summed E-state index contributed by atoms with van der Waals surface area (Å²) in [5, 5.41) is 0. The molecule has 0 aromatic carbocycles. The zero-order chi connectivity index (χ0) is 11.8. The monoisotopic (exact) mass is 251 g/mol. The van der Waals surface area contributed by atoms with Crippen LogP contribution in [-0.2, 0) is 9.47 Å². The minimum atomic E-state index is 0.540. The van der Waals surface area contributed by atoms with Gasteiger partial charge < -0.3 is 9.47 Å². The smallest absolute Gasteiger partial charge is 0.163 e. The van der Waals surface area contributed by atoms with Gasteiger partial charge in [0.25, 0.3) is 0 Å². The Hall–Kier alpha value is -0.160. The van der Waals surface area contributed by atoms with Gasteiger partial charge in [0.1, 0.15) is 13.1 Å². The van der Waals surface area contributed by atoms with Gasteiger partial charge in [-0.05, 0) is 0 Å². The van der Waals surface area contributed by atoms with E-state index in [-0.39, 0.29) is 0 Å². The molecule has 0 N–H and O–H groups in total. The van der Waals surface area contributed by atoms with E-state index in [9.17, 15) is 0 Å². The summed E-state index contributed by atoms with van der Waals surface area (Å²) in [4.78, 5) is 2.82. The zero-order valence-corrected chi connectivity index (χ0v) is 11.0. The highest BCUT2D eigenvalue weighted by molar-refractivity contribution is 5.24. The number of rotatable bonds is 1. The lowest BCUT2D eigenvalue weighted by atomic mass is 10.2. The van der Waals surface area contributed by atoms with Crippen molar-refractivity contribution in [2.45, 2.75) is 24.5 Å². The van der Waals surface area contributed by atoms with E-state index in [2.05, 4.69) is 4.90 Å². The van der Waals surface area contributed by atoms with Crippen LogP contribution in [0.4, 0.5) is 0 Å². The van der Waals surface area contributed by atoms with E-state index in [1.807, 2.05) is 0 Å². The molecule has 6 fully saturated rings. The van der Waals surface area contributed by atoms with Crippen LogP contribution in [0.1, 0.15) is 12.8 Å². The molecule has 4 heterocycles. The fourth-order valence-corrected chi connectivity index (χ4v) is 6.28. The third-order valence-corrected chi connectivity index (χ3v) is 6.72. The highest BCUT2D eigenvalue weighted by Gasteiger charge is 2.90. The lowest BCUT2D eigenvalue weighted by Gasteiger charge is -2.50. The number of quaternary nitrogens is 1. The molecular weight excluding hydrogens is 228 g/mol. The molecule has 0 radical (unpaired) electrons. The summed E-state index contributed by atoms with van der Waals surface area (Å²) in [6.45, 7) is 8.75. The summed E-state index contributed by atoms with van der Waals surface area (Å²) in [5.41, 5.74) is 0.540. The number of ether oxygens (including phenoxy) is 2. The van der Waals surface area contributed by atoms with Crippen LogP contribution in [0, 0.1) is 11.8 Å². The van der Waals surface area contributed by atoms with Crippen molar-refractivity contribution < 1.29 is 14.0 Å². The van der Waals surface area contributed by atoms with Gasteiger partial charge >= 0.3 is 0 Å². The summed E-state index contributed by atoms with van der Waals surface area (Å²) in [5.74, 6) is 2.03. The molecule has 0 aromatic heterocycles. The topological polar surface area (TPSA) is 21.7 Å². The van der Waals surface area contributed by atoms with Crippen molar-refractivity contribution >= 4 is 0 Å². The third-order valence-electron chi connectivity index (χ3n) is 6.72. The summed E-state index contributed by atoms with van der Waals surface area (Å²) in [6, 6.07) is 0.965. The molecule has 2 saturated carbocycles. The Morgan fingerprint density at radius 1 is 0.889 bits per heavy atom. The SMILES string of the molecule is C1CN(C23[C@@H]4CC(C[C@@H]42)[N+]32CCOCC2)CCO1. The van der Waals surface area contributed by atoms with Crippen LogP contribution in [0.3, 0.4) is 0 Å². The van der Waals surface area contributed by atoms with Crippen LogP contribution in [-0.4, -0.2) is 73.7 Å². The van der Waals surface area contributed by atoms with E-state index in [1.54, 1.807) is 0 Å². The van der Waals surface area contributed by atoms with Crippen molar-refractivity contribution in [2.75, 3.05) is 52.6 Å². The molecule has 6 aliphatic rings. The first kappa shape index (κ1) is 10.6. The maximum absolute atomic E-state index is 5.66. The Morgan fingerprint density at radius 3 is 2.17 bits per heavy atom. The summed E-state index contributed by atoms with van der Waals surface area (Å²) in [7, 11) is 0. The molecule has 100 valence electrons. The standard InChI is InChI=1S/C14H23N2O2/c1-5-17-6-2-15(1)14-12-9-11(10-13(12)14)16(14)3-7-18-8-4-16/h11-13H,1-10H2/q+1/t11?,12-,13+,14?. The van der Waals surface area contributed by atoms with Gasteiger partial charge in [-0.2, -0.15) is 0 Å². The number of nitrogens with zero attached hydrogens (tertiary/aromatic N) is 2. The van der Waals surface area contributed by atoms with Crippen molar-refractivity contribution in [3.8, 4) is 0 Å². The van der Waals surface area contributed by atoms with E-state index < -0.39 is 0 Å². The van der Waals surface area contributed by atoms with Gasteiger partial charge in [-0.3, -0.25) is 4.48 Å². The maximum Gasteiger partial charge on any atom is 0.163 e. The molecule has 4 saturated heterocycles. The average molecular weight is 251 g/mol. The fourth-order valence-electron chi connectivity index (χ4n) is 6.28. The van der Waals surface area contributed by atoms with Crippen molar-refractivity contribution in [1.29, 1.82) is 0 Å². The Bertz CT molecular complexity index is 362. The molecule has 4 heteroatoms. The van der Waals surface area contributed by atoms with Gasteiger partial charge in [0.05, 0.1) is 32.5 Å². The molecule has 2 unspecified atom stereocenters. The van der Waals surface area contributed by atoms with Gasteiger partial charge in [-0.15, -0.1) is 0 Å². The first-order valence-electron chi connectivity index (χ1n) is 7.67. The molecule has 4 bridgehead atoms. The van der Waals surface area contributed by atoms with Crippen molar-refractivity contribution in [3.63, 3.8) is 0 Å². The van der Waals surface area contributed by atoms with Crippen LogP contribution < -0.4 is 0 Å². The number of hydrogen-bond acceptors (Lipinski definition) is 3. The van der Waals surface area contributed by atoms with E-state index in [0.717, 1.165) is 44.3 Å². The molecule has 6 rings (SSSR count). The highest BCUT2D eigenvalue weighted by atomic mass is 16.5. The van der Waals surface area contributed by atoms with Gasteiger partial charge in [-0.25, -0.2) is 4.90 Å². The van der Waals surface area contributed by atoms with E-state index in [1.165, 1.54) is 43.5 Å². The first-order chi connectivity index (χ1) is 8.89. The molecule has 4 nitrogen and oxygen atoms in total. The van der Waals surface area contributed by atoms with Crippen molar-refractivity contribution in [2.24, 2.45) is 11.8 Å². The Morgan fingerprint density at radius 2 is 1.50 bits per heavy atom. The van der Waals surface area contributed by atoms with Gasteiger partial charge in [-0.1, -0.05) is 0 Å². The molecule has 2 aliphatic carbocycles. The van der Waals surface area contributed by atoms with E-state index in [0.29, 0.717) is 5.66 Å². The molecule has 0 amide bonds. The summed E-state index contributed by atoms with van der Waals surface area (Å²) < 4.78 is 12.6. The number of hydrogen-bond donors (Lipinski definition) is 0. The Labute approximate surface area is 108 Å². The molecule has 1 spiro atoms. The predicted molar refractivity (Wildman–Crippen MR) is 65.9 cm³/mol. The average Bonchev–Trinajstić information content (AvgIpc) is 2.75. The number of piperidine rings is 2. The molecule has 18 heavy (non-hydrogen) atoms. The second-order valence-electron chi connectivity index (χ2n) is 6.81. The van der Waals surface area contributed by atoms with E-state index >= 15 is 0 Å². The normalized spacial score (nSPS) is 53.0. The molecule has 4 atom stereocenters. The van der Waals surface area contributed by atoms with Crippen LogP contribution in [0.25, 0.3) is 0 Å². The highest BCUT2D eigenvalue weighted by Crippen LogP contribution is 2.76. The van der Waals surface area contributed by atoms with Gasteiger partial charge in [0.2, 0.25) is 0 Å². The minimum absolute atomic E-state index is 0.540. The molecule has 0 aromatic rings. The van der Waals surface area contributed by atoms with Crippen molar-refractivity contribution in [3.05, 3.63) is 0 Å². The molecule has 4 aliphatic heterocycles. The lowest BCUT2D eigenvalue weighted by Crippen LogP contribution is -2.68. The second-order valence-corrected chi connectivity index (χ2v) is 6.81. The van der Waals surface area contributed by atoms with Crippen LogP contribution in [0.2, 0.25) is 0 Å². The lowest BCUT2D eigenvalue weighted by molar-refractivity contribution is -0.982. The Kier molecular flexibility index (Phi) is 1.94. The van der Waals surface area contributed by atoms with Crippen LogP contribution in [0.5, 0.6) is 0 Å².